The first-order chi connectivity index (χ1) is 11.1. The van der Waals surface area contributed by atoms with Gasteiger partial charge in [0.15, 0.2) is 5.96 Å². The minimum absolute atomic E-state index is 0. The Morgan fingerprint density at radius 1 is 1.04 bits per heavy atom. The first-order valence-electron chi connectivity index (χ1n) is 7.28. The van der Waals surface area contributed by atoms with Gasteiger partial charge in [0.05, 0.1) is 0 Å². The lowest BCUT2D eigenvalue weighted by atomic mass is 10.1. The van der Waals surface area contributed by atoms with Gasteiger partial charge in [-0.2, -0.15) is 0 Å². The number of hydrogen-bond acceptors (Lipinski definition) is 2. The Morgan fingerprint density at radius 3 is 2.17 bits per heavy atom. The summed E-state index contributed by atoms with van der Waals surface area (Å²) in [5, 5.41) is 5.53. The second-order valence-electron chi connectivity index (χ2n) is 4.93. The number of carbonyl (C=O) groups excluding carboxylic acids is 1. The largest absolute Gasteiger partial charge is 0.370 e. The molecule has 7 heteroatoms. The molecule has 0 aliphatic heterocycles. The lowest BCUT2D eigenvalue weighted by molar-refractivity contribution is -0.114. The van der Waals surface area contributed by atoms with Gasteiger partial charge in [0.25, 0.3) is 0 Å². The van der Waals surface area contributed by atoms with Gasteiger partial charge in [-0.05, 0) is 48.4 Å². The van der Waals surface area contributed by atoms with Gasteiger partial charge in [-0.1, -0.05) is 19.1 Å². The number of rotatable bonds is 5. The van der Waals surface area contributed by atoms with E-state index in [1.54, 1.807) is 0 Å². The van der Waals surface area contributed by atoms with Crippen molar-refractivity contribution in [2.24, 2.45) is 10.7 Å². The highest BCUT2D eigenvalue weighted by Gasteiger charge is 2.02. The van der Waals surface area contributed by atoms with Crippen LogP contribution >= 0.6 is 24.0 Å². The molecule has 4 N–H and O–H groups in total. The molecule has 24 heavy (non-hydrogen) atoms. The Bertz CT molecular complexity index is 687. The number of guanidine groups is 1. The zero-order valence-electron chi connectivity index (χ0n) is 13.3. The summed E-state index contributed by atoms with van der Waals surface area (Å²) in [4.78, 5) is 15.7. The molecule has 0 aromatic heterocycles. The number of amides is 1. The number of aliphatic imine (C=N–C) groups is 1. The van der Waals surface area contributed by atoms with Crippen LogP contribution in [0.25, 0.3) is 0 Å². The Hall–Kier alpha value is -2.16. The Kier molecular flexibility index (Phi) is 8.17. The summed E-state index contributed by atoms with van der Waals surface area (Å²) in [5.41, 5.74) is 8.29. The molecule has 0 aliphatic carbocycles. The molecule has 5 nitrogen and oxygen atoms in total. The van der Waals surface area contributed by atoms with E-state index in [-0.39, 0.29) is 48.2 Å². The molecule has 0 heterocycles. The zero-order valence-corrected chi connectivity index (χ0v) is 15.6. The summed E-state index contributed by atoms with van der Waals surface area (Å²) in [6, 6.07) is 13.3. The molecule has 0 bridgehead atoms. The topological polar surface area (TPSA) is 79.5 Å². The van der Waals surface area contributed by atoms with Crippen molar-refractivity contribution >= 4 is 47.2 Å². The number of halogens is 2. The van der Waals surface area contributed by atoms with E-state index in [0.717, 1.165) is 12.1 Å². The van der Waals surface area contributed by atoms with Crippen molar-refractivity contribution in [3.63, 3.8) is 0 Å². The number of nitrogens with two attached hydrogens (primary N) is 1. The van der Waals surface area contributed by atoms with E-state index < -0.39 is 0 Å². The van der Waals surface area contributed by atoms with Crippen LogP contribution in [0.3, 0.4) is 0 Å². The van der Waals surface area contributed by atoms with Gasteiger partial charge in [-0.25, -0.2) is 9.38 Å². The predicted molar refractivity (Wildman–Crippen MR) is 106 cm³/mol. The minimum atomic E-state index is -0.358. The molecule has 0 unspecified atom stereocenters. The zero-order chi connectivity index (χ0) is 16.7. The standard InChI is InChI=1S/C17H19FN4O.HI/c1-2-12-3-7-15(8-4-12)22-17(19)20-11-16(23)21-14-9-5-13(18)6-10-14;/h3-10H,2,11H2,1H3,(H,21,23)(H3,19,20,22);1H. The van der Waals surface area contributed by atoms with E-state index in [2.05, 4.69) is 22.5 Å². The third kappa shape index (κ3) is 6.53. The quantitative estimate of drug-likeness (QED) is 0.378. The summed E-state index contributed by atoms with van der Waals surface area (Å²) in [7, 11) is 0. The van der Waals surface area contributed by atoms with Gasteiger partial charge in [0.1, 0.15) is 12.4 Å². The second-order valence-corrected chi connectivity index (χ2v) is 4.93. The number of hydrogen-bond donors (Lipinski definition) is 3. The Labute approximate surface area is 157 Å². The number of benzene rings is 2. The maximum Gasteiger partial charge on any atom is 0.246 e. The average molecular weight is 442 g/mol. The average Bonchev–Trinajstić information content (AvgIpc) is 2.56. The molecule has 0 saturated heterocycles. The van der Waals surface area contributed by atoms with E-state index in [0.29, 0.717) is 5.69 Å². The van der Waals surface area contributed by atoms with Crippen molar-refractivity contribution in [3.8, 4) is 0 Å². The van der Waals surface area contributed by atoms with E-state index in [1.165, 1.54) is 29.8 Å². The fourth-order valence-corrected chi connectivity index (χ4v) is 1.90. The van der Waals surface area contributed by atoms with Crippen LogP contribution in [0.4, 0.5) is 15.8 Å². The van der Waals surface area contributed by atoms with Crippen LogP contribution in [0.15, 0.2) is 53.5 Å². The van der Waals surface area contributed by atoms with Crippen molar-refractivity contribution in [2.75, 3.05) is 17.2 Å². The fourth-order valence-electron chi connectivity index (χ4n) is 1.90. The molecular weight excluding hydrogens is 422 g/mol. The predicted octanol–water partition coefficient (Wildman–Crippen LogP) is 3.37. The van der Waals surface area contributed by atoms with Gasteiger partial charge in [-0.15, -0.1) is 24.0 Å². The summed E-state index contributed by atoms with van der Waals surface area (Å²) >= 11 is 0. The Morgan fingerprint density at radius 2 is 1.58 bits per heavy atom. The minimum Gasteiger partial charge on any atom is -0.370 e. The second kappa shape index (κ2) is 9.86. The number of aryl methyl sites for hydroxylation is 1. The number of carbonyl (C=O) groups is 1. The summed E-state index contributed by atoms with van der Waals surface area (Å²) < 4.78 is 12.8. The van der Waals surface area contributed by atoms with E-state index in [9.17, 15) is 9.18 Å². The maximum atomic E-state index is 12.8. The Balaban J connectivity index is 0.00000288. The van der Waals surface area contributed by atoms with Crippen molar-refractivity contribution in [3.05, 3.63) is 59.9 Å². The highest BCUT2D eigenvalue weighted by molar-refractivity contribution is 14.0. The molecule has 0 spiro atoms. The van der Waals surface area contributed by atoms with Crippen molar-refractivity contribution in [1.29, 1.82) is 0 Å². The monoisotopic (exact) mass is 442 g/mol. The first-order valence-corrected chi connectivity index (χ1v) is 7.28. The SMILES string of the molecule is CCc1ccc(NC(N)=NCC(=O)Nc2ccc(F)cc2)cc1.I. The molecule has 0 radical (unpaired) electrons. The molecule has 0 fully saturated rings. The van der Waals surface area contributed by atoms with Crippen LogP contribution in [0, 0.1) is 5.82 Å². The van der Waals surface area contributed by atoms with E-state index in [1.807, 2.05) is 24.3 Å². The molecule has 2 aromatic rings. The first kappa shape index (κ1) is 19.9. The highest BCUT2D eigenvalue weighted by atomic mass is 127. The van der Waals surface area contributed by atoms with Crippen molar-refractivity contribution in [1.82, 2.24) is 0 Å². The highest BCUT2D eigenvalue weighted by Crippen LogP contribution is 2.10. The van der Waals surface area contributed by atoms with Crippen LogP contribution in [-0.2, 0) is 11.2 Å². The van der Waals surface area contributed by atoms with Crippen LogP contribution in [0.2, 0.25) is 0 Å². The molecule has 2 aromatic carbocycles. The van der Waals surface area contributed by atoms with Crippen molar-refractivity contribution < 1.29 is 9.18 Å². The van der Waals surface area contributed by atoms with Gasteiger partial charge in [0, 0.05) is 11.4 Å². The molecule has 2 rings (SSSR count). The molecule has 0 atom stereocenters. The van der Waals surface area contributed by atoms with Gasteiger partial charge < -0.3 is 16.4 Å². The molecule has 0 aliphatic rings. The smallest absolute Gasteiger partial charge is 0.246 e. The van der Waals surface area contributed by atoms with Crippen LogP contribution in [-0.4, -0.2) is 18.4 Å². The summed E-state index contributed by atoms with van der Waals surface area (Å²) in [5.74, 6) is -0.533. The summed E-state index contributed by atoms with van der Waals surface area (Å²) in [6.07, 6.45) is 0.966. The molecule has 1 amide bonds. The molecular formula is C17H20FIN4O. The van der Waals surface area contributed by atoms with Gasteiger partial charge in [-0.3, -0.25) is 4.79 Å². The normalized spacial score (nSPS) is 10.7. The molecule has 0 saturated carbocycles. The summed E-state index contributed by atoms with van der Waals surface area (Å²) in [6.45, 7) is 1.96. The molecule has 128 valence electrons. The lowest BCUT2D eigenvalue weighted by Crippen LogP contribution is -2.25. The number of anilines is 2. The van der Waals surface area contributed by atoms with Crippen molar-refractivity contribution in [2.45, 2.75) is 13.3 Å². The number of nitrogens with zero attached hydrogens (tertiary/aromatic N) is 1. The van der Waals surface area contributed by atoms with Gasteiger partial charge >= 0.3 is 0 Å². The van der Waals surface area contributed by atoms with Crippen LogP contribution < -0.4 is 16.4 Å². The maximum absolute atomic E-state index is 12.8. The van der Waals surface area contributed by atoms with Crippen LogP contribution in [0.5, 0.6) is 0 Å². The third-order valence-corrected chi connectivity index (χ3v) is 3.16. The fraction of sp³-hybridized carbons (Fsp3) is 0.176. The lowest BCUT2D eigenvalue weighted by Gasteiger charge is -2.07. The van der Waals surface area contributed by atoms with Gasteiger partial charge in [0.2, 0.25) is 5.91 Å². The number of nitrogens with one attached hydrogen (secondary N) is 2. The van der Waals surface area contributed by atoms with E-state index >= 15 is 0 Å². The third-order valence-electron chi connectivity index (χ3n) is 3.16. The van der Waals surface area contributed by atoms with Crippen LogP contribution in [0.1, 0.15) is 12.5 Å². The van der Waals surface area contributed by atoms with E-state index in [4.69, 9.17) is 5.73 Å².